The summed E-state index contributed by atoms with van der Waals surface area (Å²) in [6.07, 6.45) is 4.06. The molecule has 0 saturated heterocycles. The first-order valence-electron chi connectivity index (χ1n) is 4.31. The molecule has 1 aromatic rings. The number of hydrogen-bond donors (Lipinski definition) is 1. The first-order valence-corrected chi connectivity index (χ1v) is 4.31. The summed E-state index contributed by atoms with van der Waals surface area (Å²) in [4.78, 5) is 11.1. The number of fused-ring (bicyclic) bond motifs is 1. The van der Waals surface area contributed by atoms with Crippen LogP contribution in [-0.4, -0.2) is 12.8 Å². The van der Waals surface area contributed by atoms with Crippen molar-refractivity contribution in [1.29, 1.82) is 0 Å². The highest BCUT2D eigenvalue weighted by molar-refractivity contribution is 5.98. The van der Waals surface area contributed by atoms with Gasteiger partial charge >= 0.3 is 0 Å². The van der Waals surface area contributed by atoms with Gasteiger partial charge in [0.2, 0.25) is 0 Å². The lowest BCUT2D eigenvalue weighted by atomic mass is 9.96. The fourth-order valence-electron chi connectivity index (χ4n) is 1.50. The third-order valence-electron chi connectivity index (χ3n) is 2.25. The zero-order valence-electron chi connectivity index (χ0n) is 7.50. The molecule has 2 heteroatoms. The van der Waals surface area contributed by atoms with Gasteiger partial charge in [-0.2, -0.15) is 0 Å². The van der Waals surface area contributed by atoms with Crippen molar-refractivity contribution < 1.29 is 6.22 Å². The summed E-state index contributed by atoms with van der Waals surface area (Å²) in [5.41, 5.74) is 3.34. The van der Waals surface area contributed by atoms with Gasteiger partial charge in [-0.25, -0.2) is 0 Å². The number of nitrogens with one attached hydrogen (secondary N) is 1. The topological polar surface area (TPSA) is 29.1 Å². The van der Waals surface area contributed by atoms with E-state index in [1.54, 1.807) is 6.08 Å². The molecule has 0 amide bonds. The Labute approximate surface area is 78.8 Å². The van der Waals surface area contributed by atoms with E-state index < -0.39 is 0 Å². The molecule has 2 rings (SSSR count). The quantitative estimate of drug-likeness (QED) is 0.708. The number of rotatable bonds is 1. The molecular formula is C11H13NO. The van der Waals surface area contributed by atoms with E-state index in [1.807, 2.05) is 25.3 Å². The van der Waals surface area contributed by atoms with Crippen LogP contribution in [0.4, 0.5) is 5.69 Å². The lowest BCUT2D eigenvalue weighted by Gasteiger charge is -2.10. The van der Waals surface area contributed by atoms with Crippen molar-refractivity contribution in [1.82, 2.24) is 0 Å². The van der Waals surface area contributed by atoms with Gasteiger partial charge in [0.05, 0.1) is 0 Å². The molecule has 0 aromatic heterocycles. The molecule has 68 valence electrons. The summed E-state index contributed by atoms with van der Waals surface area (Å²) in [5.74, 6) is 0.185. The van der Waals surface area contributed by atoms with Gasteiger partial charge < -0.3 is 5.32 Å². The zero-order valence-corrected chi connectivity index (χ0v) is 7.50. The van der Waals surface area contributed by atoms with E-state index in [2.05, 4.69) is 11.4 Å². The van der Waals surface area contributed by atoms with E-state index in [0.717, 1.165) is 16.8 Å². The molecule has 1 N–H and O–H groups in total. The van der Waals surface area contributed by atoms with Crippen molar-refractivity contribution in [2.75, 3.05) is 12.4 Å². The van der Waals surface area contributed by atoms with Crippen molar-refractivity contribution in [3.05, 3.63) is 35.4 Å². The maximum atomic E-state index is 11.1. The molecule has 0 spiro atoms. The standard InChI is InChI=1S/C11H11NO.H2/c1-12-10-4-2-9-7-11(13)5-3-8(9)6-10;/h2-6,12H,7H2,1H3;1H. The molecule has 0 saturated carbocycles. The van der Waals surface area contributed by atoms with Crippen LogP contribution in [0.1, 0.15) is 12.6 Å². The van der Waals surface area contributed by atoms with E-state index >= 15 is 0 Å². The number of allylic oxidation sites excluding steroid dienone is 1. The smallest absolute Gasteiger partial charge is 0.160 e. The van der Waals surface area contributed by atoms with Gasteiger partial charge in [0, 0.05) is 20.6 Å². The van der Waals surface area contributed by atoms with Crippen LogP contribution in [0.3, 0.4) is 0 Å². The van der Waals surface area contributed by atoms with Gasteiger partial charge in [0.15, 0.2) is 5.78 Å². The number of anilines is 1. The predicted octanol–water partition coefficient (Wildman–Crippen LogP) is 2.11. The highest BCUT2D eigenvalue weighted by Gasteiger charge is 2.09. The maximum absolute atomic E-state index is 11.1. The molecule has 0 bridgehead atoms. The number of benzene rings is 1. The molecule has 2 nitrogen and oxygen atoms in total. The van der Waals surface area contributed by atoms with Gasteiger partial charge in [-0.15, -0.1) is 0 Å². The number of carbonyl (C=O) groups excluding carboxylic acids is 1. The highest BCUT2D eigenvalue weighted by Crippen LogP contribution is 2.21. The molecule has 1 aliphatic carbocycles. The Morgan fingerprint density at radius 2 is 2.23 bits per heavy atom. The van der Waals surface area contributed by atoms with Gasteiger partial charge in [-0.1, -0.05) is 12.1 Å². The molecule has 1 aliphatic rings. The van der Waals surface area contributed by atoms with Crippen LogP contribution in [-0.2, 0) is 11.2 Å². The fraction of sp³-hybridized carbons (Fsp3) is 0.182. The van der Waals surface area contributed by atoms with Gasteiger partial charge in [0.25, 0.3) is 0 Å². The largest absolute Gasteiger partial charge is 0.388 e. The SMILES string of the molecule is CNc1ccc2c(c1)C=CC(=O)C2.[HH]. The van der Waals surface area contributed by atoms with Crippen LogP contribution in [0, 0.1) is 0 Å². The second-order valence-electron chi connectivity index (χ2n) is 3.14. The average Bonchev–Trinajstić information content (AvgIpc) is 2.17. The fourth-order valence-corrected chi connectivity index (χ4v) is 1.50. The Kier molecular flexibility index (Phi) is 1.89. The van der Waals surface area contributed by atoms with E-state index in [-0.39, 0.29) is 7.21 Å². The molecular weight excluding hydrogens is 162 g/mol. The van der Waals surface area contributed by atoms with E-state index in [4.69, 9.17) is 0 Å². The molecule has 13 heavy (non-hydrogen) atoms. The summed E-state index contributed by atoms with van der Waals surface area (Å²) in [7, 11) is 1.89. The maximum Gasteiger partial charge on any atom is 0.160 e. The predicted molar refractivity (Wildman–Crippen MR) is 55.8 cm³/mol. The molecule has 0 fully saturated rings. The Morgan fingerprint density at radius 1 is 1.38 bits per heavy atom. The molecule has 1 aromatic carbocycles. The van der Waals surface area contributed by atoms with Crippen molar-refractivity contribution in [2.45, 2.75) is 6.42 Å². The normalized spacial score (nSPS) is 14.1. The summed E-state index contributed by atoms with van der Waals surface area (Å²) >= 11 is 0. The Morgan fingerprint density at radius 3 is 3.00 bits per heavy atom. The first-order chi connectivity index (χ1) is 6.29. The minimum Gasteiger partial charge on any atom is -0.388 e. The number of ketones is 1. The summed E-state index contributed by atoms with van der Waals surface area (Å²) in [5, 5.41) is 3.07. The third kappa shape index (κ3) is 1.47. The molecule has 0 heterocycles. The summed E-state index contributed by atoms with van der Waals surface area (Å²) < 4.78 is 0. The van der Waals surface area contributed by atoms with E-state index in [1.165, 1.54) is 0 Å². The van der Waals surface area contributed by atoms with Crippen LogP contribution < -0.4 is 5.32 Å². The second kappa shape index (κ2) is 3.05. The van der Waals surface area contributed by atoms with Crippen LogP contribution in [0.25, 0.3) is 6.08 Å². The number of carbonyl (C=O) groups is 1. The highest BCUT2D eigenvalue weighted by atomic mass is 16.1. The van der Waals surface area contributed by atoms with Gasteiger partial charge in [-0.05, 0) is 29.3 Å². The molecule has 0 unspecified atom stereocenters. The lowest BCUT2D eigenvalue weighted by Crippen LogP contribution is -2.05. The molecule has 0 atom stereocenters. The molecule has 0 aliphatic heterocycles. The Balaban J connectivity index is 0.000000980. The van der Waals surface area contributed by atoms with Crippen LogP contribution in [0.5, 0.6) is 0 Å². The monoisotopic (exact) mass is 175 g/mol. The second-order valence-corrected chi connectivity index (χ2v) is 3.14. The lowest BCUT2D eigenvalue weighted by molar-refractivity contribution is -0.114. The first kappa shape index (κ1) is 8.05. The summed E-state index contributed by atoms with van der Waals surface area (Å²) in [6.45, 7) is 0. The van der Waals surface area contributed by atoms with E-state index in [0.29, 0.717) is 6.42 Å². The zero-order chi connectivity index (χ0) is 9.26. The minimum atomic E-state index is 0. The van der Waals surface area contributed by atoms with Crippen molar-refractivity contribution >= 4 is 17.5 Å². The van der Waals surface area contributed by atoms with Crippen molar-refractivity contribution in [3.63, 3.8) is 0 Å². The number of hydrogen-bond acceptors (Lipinski definition) is 2. The van der Waals surface area contributed by atoms with Gasteiger partial charge in [0.1, 0.15) is 0 Å². The average molecular weight is 175 g/mol. The van der Waals surface area contributed by atoms with Crippen LogP contribution >= 0.6 is 0 Å². The minimum absolute atomic E-state index is 0. The van der Waals surface area contributed by atoms with Crippen molar-refractivity contribution in [2.24, 2.45) is 0 Å². The van der Waals surface area contributed by atoms with Crippen LogP contribution in [0.15, 0.2) is 24.3 Å². The summed E-state index contributed by atoms with van der Waals surface area (Å²) in [6, 6.07) is 6.05. The Bertz CT molecular complexity index is 385. The van der Waals surface area contributed by atoms with E-state index in [9.17, 15) is 4.79 Å². The van der Waals surface area contributed by atoms with Crippen LogP contribution in [0.2, 0.25) is 0 Å². The molecule has 0 radical (unpaired) electrons. The van der Waals surface area contributed by atoms with Gasteiger partial charge in [-0.3, -0.25) is 4.79 Å². The van der Waals surface area contributed by atoms with Crippen molar-refractivity contribution in [3.8, 4) is 0 Å². The Hall–Kier alpha value is -1.57. The third-order valence-corrected chi connectivity index (χ3v) is 2.25.